The standard InChI is InChI=1S/C23H24FN3O4S.C5H6O/c1-3-27(4-2)12-6-8-17-13-18(24)9-10-22(17)32(30,31)26-21-15-20-16(7-5-11-25-20)14-19(21)23(28)29;1-5-3-2-4-6-5/h5-11,13-15,26H,3-4,12H2,1-2H3,(H,28,29);2-4H,1H3/b8-6-;. The smallest absolute Gasteiger partial charge is 0.337 e. The van der Waals surface area contributed by atoms with Crippen molar-refractivity contribution >= 4 is 38.7 Å². The number of furan rings is 1. The highest BCUT2D eigenvalue weighted by molar-refractivity contribution is 7.92. The highest BCUT2D eigenvalue weighted by Gasteiger charge is 2.22. The van der Waals surface area contributed by atoms with E-state index in [0.717, 1.165) is 37.0 Å². The van der Waals surface area contributed by atoms with Gasteiger partial charge in [-0.3, -0.25) is 9.71 Å². The summed E-state index contributed by atoms with van der Waals surface area (Å²) in [6, 6.07) is 13.2. The number of hydrogen-bond acceptors (Lipinski definition) is 6. The van der Waals surface area contributed by atoms with Crippen molar-refractivity contribution in [1.82, 2.24) is 9.88 Å². The van der Waals surface area contributed by atoms with Crippen molar-refractivity contribution in [2.75, 3.05) is 24.4 Å². The molecule has 10 heteroatoms. The predicted molar refractivity (Wildman–Crippen MR) is 146 cm³/mol. The molecule has 0 radical (unpaired) electrons. The van der Waals surface area contributed by atoms with E-state index in [1.807, 2.05) is 32.9 Å². The molecule has 0 aliphatic carbocycles. The Morgan fingerprint density at radius 1 is 1.13 bits per heavy atom. The Morgan fingerprint density at radius 2 is 1.89 bits per heavy atom. The lowest BCUT2D eigenvalue weighted by atomic mass is 10.1. The summed E-state index contributed by atoms with van der Waals surface area (Å²) >= 11 is 0. The summed E-state index contributed by atoms with van der Waals surface area (Å²) < 4.78 is 47.4. The largest absolute Gasteiger partial charge is 0.478 e. The number of rotatable bonds is 9. The van der Waals surface area contributed by atoms with Crippen molar-refractivity contribution in [1.29, 1.82) is 0 Å². The van der Waals surface area contributed by atoms with E-state index in [1.54, 1.807) is 30.5 Å². The fraction of sp³-hybridized carbons (Fsp3) is 0.214. The molecule has 0 aliphatic rings. The van der Waals surface area contributed by atoms with Crippen molar-refractivity contribution in [3.05, 3.63) is 95.8 Å². The zero-order chi connectivity index (χ0) is 27.7. The van der Waals surface area contributed by atoms with Gasteiger partial charge < -0.3 is 14.4 Å². The Balaban J connectivity index is 0.000000585. The third-order valence-electron chi connectivity index (χ3n) is 5.70. The summed E-state index contributed by atoms with van der Waals surface area (Å²) in [6.07, 6.45) is 6.51. The average Bonchev–Trinajstić information content (AvgIpc) is 3.37. The summed E-state index contributed by atoms with van der Waals surface area (Å²) in [4.78, 5) is 17.8. The molecule has 0 saturated heterocycles. The number of nitrogens with zero attached hydrogens (tertiary/aromatic N) is 2. The number of anilines is 1. The van der Waals surface area contributed by atoms with Crippen LogP contribution in [0, 0.1) is 12.7 Å². The van der Waals surface area contributed by atoms with Crippen LogP contribution >= 0.6 is 0 Å². The molecule has 0 atom stereocenters. The molecule has 0 spiro atoms. The molecule has 0 amide bonds. The quantitative estimate of drug-likeness (QED) is 0.276. The Hall–Kier alpha value is -4.02. The van der Waals surface area contributed by atoms with Gasteiger partial charge in [0.05, 0.1) is 27.9 Å². The third-order valence-corrected chi connectivity index (χ3v) is 7.14. The summed E-state index contributed by atoms with van der Waals surface area (Å²) in [7, 11) is -4.22. The molecule has 0 fully saturated rings. The maximum absolute atomic E-state index is 13.9. The predicted octanol–water partition coefficient (Wildman–Crippen LogP) is 5.82. The van der Waals surface area contributed by atoms with Crippen LogP contribution in [-0.2, 0) is 10.0 Å². The minimum absolute atomic E-state index is 0.119. The van der Waals surface area contributed by atoms with Crippen LogP contribution in [0.25, 0.3) is 17.0 Å². The highest BCUT2D eigenvalue weighted by Crippen LogP contribution is 2.27. The van der Waals surface area contributed by atoms with E-state index < -0.39 is 21.8 Å². The van der Waals surface area contributed by atoms with Crippen molar-refractivity contribution in [2.45, 2.75) is 25.7 Å². The van der Waals surface area contributed by atoms with E-state index in [9.17, 15) is 22.7 Å². The number of likely N-dealkylation sites (N-methyl/N-ethyl adjacent to an activating group) is 1. The molecule has 8 nitrogen and oxygen atoms in total. The van der Waals surface area contributed by atoms with Gasteiger partial charge in [-0.15, -0.1) is 0 Å². The van der Waals surface area contributed by atoms with Crippen LogP contribution in [0.4, 0.5) is 10.1 Å². The first-order valence-electron chi connectivity index (χ1n) is 12.0. The summed E-state index contributed by atoms with van der Waals surface area (Å²) in [5, 5.41) is 10.1. The number of sulfonamides is 1. The number of halogens is 1. The normalized spacial score (nSPS) is 11.5. The van der Waals surface area contributed by atoms with Crippen molar-refractivity contribution in [2.24, 2.45) is 0 Å². The van der Waals surface area contributed by atoms with Gasteiger partial charge in [0.15, 0.2) is 0 Å². The van der Waals surface area contributed by atoms with Gasteiger partial charge >= 0.3 is 5.97 Å². The number of aromatic nitrogens is 1. The van der Waals surface area contributed by atoms with Gasteiger partial charge in [0.1, 0.15) is 11.6 Å². The van der Waals surface area contributed by atoms with Gasteiger partial charge in [0.25, 0.3) is 10.0 Å². The monoisotopic (exact) mass is 539 g/mol. The molecule has 0 unspecified atom stereocenters. The van der Waals surface area contributed by atoms with E-state index >= 15 is 0 Å². The number of aromatic carboxylic acids is 1. The maximum atomic E-state index is 13.9. The van der Waals surface area contributed by atoms with Crippen molar-refractivity contribution < 1.29 is 27.1 Å². The van der Waals surface area contributed by atoms with Crippen LogP contribution in [0.5, 0.6) is 0 Å². The summed E-state index contributed by atoms with van der Waals surface area (Å²) in [5.74, 6) is -0.894. The number of aryl methyl sites for hydroxylation is 1. The van der Waals surface area contributed by atoms with E-state index in [1.165, 1.54) is 18.3 Å². The number of hydrogen-bond donors (Lipinski definition) is 2. The molecule has 4 aromatic rings. The summed E-state index contributed by atoms with van der Waals surface area (Å²) in [6.45, 7) is 8.17. The van der Waals surface area contributed by atoms with E-state index in [2.05, 4.69) is 14.6 Å². The topological polar surface area (TPSA) is 113 Å². The molecule has 2 N–H and O–H groups in total. The van der Waals surface area contributed by atoms with Gasteiger partial charge in [0.2, 0.25) is 0 Å². The SMILES string of the molecule is CCN(CC)C/C=C\c1cc(F)ccc1S(=O)(=O)Nc1cc2ncccc2cc1C(=O)O.Cc1ccco1. The Morgan fingerprint density at radius 3 is 2.50 bits per heavy atom. The number of carbonyl (C=O) groups is 1. The van der Waals surface area contributed by atoms with Gasteiger partial charge in [-0.2, -0.15) is 0 Å². The molecular weight excluding hydrogens is 509 g/mol. The lowest BCUT2D eigenvalue weighted by Crippen LogP contribution is -2.22. The summed E-state index contributed by atoms with van der Waals surface area (Å²) in [5.41, 5.74) is 0.273. The first-order valence-corrected chi connectivity index (χ1v) is 13.5. The fourth-order valence-corrected chi connectivity index (χ4v) is 4.90. The number of carboxylic acids is 1. The van der Waals surface area contributed by atoms with Crippen LogP contribution < -0.4 is 4.72 Å². The minimum atomic E-state index is -4.22. The van der Waals surface area contributed by atoms with Gasteiger partial charge in [-0.25, -0.2) is 17.6 Å². The number of nitrogens with one attached hydrogen (secondary N) is 1. The van der Waals surface area contributed by atoms with E-state index in [0.29, 0.717) is 17.4 Å². The zero-order valence-corrected chi connectivity index (χ0v) is 22.2. The Bertz CT molecular complexity index is 1520. The number of carboxylic acid groups (broad SMARTS) is 1. The fourth-order valence-electron chi connectivity index (χ4n) is 3.65. The number of benzene rings is 2. The second-order valence-corrected chi connectivity index (χ2v) is 9.95. The Kier molecular flexibility index (Phi) is 9.75. The second kappa shape index (κ2) is 13.0. The van der Waals surface area contributed by atoms with Crippen LogP contribution in [-0.4, -0.2) is 49.0 Å². The lowest BCUT2D eigenvalue weighted by Gasteiger charge is -2.15. The van der Waals surface area contributed by atoms with Crippen molar-refractivity contribution in [3.63, 3.8) is 0 Å². The van der Waals surface area contributed by atoms with Crippen LogP contribution in [0.2, 0.25) is 0 Å². The second-order valence-electron chi connectivity index (χ2n) is 8.30. The van der Waals surface area contributed by atoms with Gasteiger partial charge in [-0.05, 0) is 74.1 Å². The van der Waals surface area contributed by atoms with E-state index in [-0.39, 0.29) is 21.7 Å². The molecule has 0 aliphatic heterocycles. The first-order chi connectivity index (χ1) is 18.1. The van der Waals surface area contributed by atoms with Gasteiger partial charge in [0, 0.05) is 18.1 Å². The van der Waals surface area contributed by atoms with E-state index in [4.69, 9.17) is 4.42 Å². The van der Waals surface area contributed by atoms with Crippen LogP contribution in [0.3, 0.4) is 0 Å². The maximum Gasteiger partial charge on any atom is 0.337 e. The first kappa shape index (κ1) is 28.5. The molecule has 4 rings (SSSR count). The lowest BCUT2D eigenvalue weighted by molar-refractivity contribution is 0.0698. The highest BCUT2D eigenvalue weighted by atomic mass is 32.2. The van der Waals surface area contributed by atoms with Crippen LogP contribution in [0.15, 0.2) is 82.4 Å². The van der Waals surface area contributed by atoms with Gasteiger partial charge in [-0.1, -0.05) is 32.1 Å². The molecule has 2 aromatic carbocycles. The zero-order valence-electron chi connectivity index (χ0n) is 21.4. The third kappa shape index (κ3) is 7.50. The Labute approximate surface area is 221 Å². The molecule has 2 heterocycles. The number of pyridine rings is 1. The molecule has 0 saturated carbocycles. The van der Waals surface area contributed by atoms with Crippen molar-refractivity contribution in [3.8, 4) is 0 Å². The van der Waals surface area contributed by atoms with Crippen LogP contribution in [0.1, 0.15) is 35.5 Å². The number of fused-ring (bicyclic) bond motifs is 1. The molecular formula is C28H30FN3O5S. The minimum Gasteiger partial charge on any atom is -0.478 e. The average molecular weight is 540 g/mol. The molecule has 38 heavy (non-hydrogen) atoms. The molecule has 0 bridgehead atoms. The molecule has 200 valence electrons. The molecule has 2 aromatic heterocycles.